The van der Waals surface area contributed by atoms with Gasteiger partial charge in [-0.1, -0.05) is 25.1 Å². The number of rotatable bonds is 3. The van der Waals surface area contributed by atoms with Crippen molar-refractivity contribution in [3.8, 4) is 0 Å². The van der Waals surface area contributed by atoms with Gasteiger partial charge in [-0.25, -0.2) is 8.42 Å². The second-order valence-electron chi connectivity index (χ2n) is 5.61. The third-order valence-electron chi connectivity index (χ3n) is 4.14. The topological polar surface area (TPSA) is 67.3 Å². The first-order valence-electron chi connectivity index (χ1n) is 7.29. The summed E-state index contributed by atoms with van der Waals surface area (Å²) >= 11 is 0. The van der Waals surface area contributed by atoms with Gasteiger partial charge in [0.15, 0.2) is 9.84 Å². The van der Waals surface area contributed by atoms with Gasteiger partial charge in [0.25, 0.3) is 5.91 Å². The highest BCUT2D eigenvalue weighted by Gasteiger charge is 2.39. The molecule has 5 nitrogen and oxygen atoms in total. The van der Waals surface area contributed by atoms with Crippen LogP contribution in [-0.2, 0) is 9.84 Å². The molecule has 2 aromatic rings. The Bertz CT molecular complexity index is 840. The van der Waals surface area contributed by atoms with E-state index < -0.39 is 15.1 Å². The smallest absolute Gasteiger partial charge is 0.256 e. The number of sulfone groups is 1. The molecular formula is C16H18N2O3S. The Kier molecular flexibility index (Phi) is 3.64. The van der Waals surface area contributed by atoms with Crippen molar-refractivity contribution in [2.75, 3.05) is 18.8 Å². The maximum atomic E-state index is 12.6. The molecule has 22 heavy (non-hydrogen) atoms. The predicted octanol–water partition coefficient (Wildman–Crippen LogP) is 1.80. The van der Waals surface area contributed by atoms with Gasteiger partial charge in [-0.2, -0.15) is 0 Å². The lowest BCUT2D eigenvalue weighted by Gasteiger charge is -2.38. The predicted molar refractivity (Wildman–Crippen MR) is 85.6 cm³/mol. The van der Waals surface area contributed by atoms with Crippen LogP contribution in [0, 0.1) is 6.92 Å². The lowest BCUT2D eigenvalue weighted by Crippen LogP contribution is -2.57. The van der Waals surface area contributed by atoms with Gasteiger partial charge < -0.3 is 4.90 Å². The van der Waals surface area contributed by atoms with Crippen molar-refractivity contribution in [2.24, 2.45) is 0 Å². The quantitative estimate of drug-likeness (QED) is 0.865. The Balaban J connectivity index is 1.87. The second kappa shape index (κ2) is 5.35. The number of hydrogen-bond acceptors (Lipinski definition) is 4. The molecule has 1 aromatic heterocycles. The van der Waals surface area contributed by atoms with Crippen molar-refractivity contribution >= 4 is 26.6 Å². The number of hydrogen-bond donors (Lipinski definition) is 0. The molecule has 1 aromatic carbocycles. The monoisotopic (exact) mass is 318 g/mol. The van der Waals surface area contributed by atoms with E-state index in [-0.39, 0.29) is 24.7 Å². The molecule has 1 aliphatic rings. The van der Waals surface area contributed by atoms with Gasteiger partial charge >= 0.3 is 0 Å². The van der Waals surface area contributed by atoms with Gasteiger partial charge in [0.2, 0.25) is 0 Å². The molecule has 0 saturated carbocycles. The van der Waals surface area contributed by atoms with Crippen LogP contribution in [-0.4, -0.2) is 48.3 Å². The van der Waals surface area contributed by atoms with E-state index in [1.54, 1.807) is 17.9 Å². The van der Waals surface area contributed by atoms with E-state index in [2.05, 4.69) is 4.98 Å². The number of amides is 1. The van der Waals surface area contributed by atoms with E-state index in [9.17, 15) is 13.2 Å². The fourth-order valence-electron chi connectivity index (χ4n) is 2.65. The van der Waals surface area contributed by atoms with Crippen molar-refractivity contribution < 1.29 is 13.2 Å². The van der Waals surface area contributed by atoms with Crippen molar-refractivity contribution in [3.63, 3.8) is 0 Å². The number of aryl methyl sites for hydroxylation is 1. The second-order valence-corrected chi connectivity index (χ2v) is 8.18. The average Bonchev–Trinajstić information content (AvgIpc) is 2.44. The highest BCUT2D eigenvalue weighted by Crippen LogP contribution is 2.23. The molecule has 0 aliphatic carbocycles. The molecule has 0 spiro atoms. The molecule has 1 aliphatic heterocycles. The van der Waals surface area contributed by atoms with E-state index in [0.29, 0.717) is 11.1 Å². The summed E-state index contributed by atoms with van der Waals surface area (Å²) in [7, 11) is -3.07. The largest absolute Gasteiger partial charge is 0.336 e. The van der Waals surface area contributed by atoms with Crippen LogP contribution in [0.1, 0.15) is 23.0 Å². The van der Waals surface area contributed by atoms with Gasteiger partial charge in [-0.3, -0.25) is 9.78 Å². The van der Waals surface area contributed by atoms with Crippen molar-refractivity contribution in [1.82, 2.24) is 9.88 Å². The number of pyridine rings is 1. The Labute approximate surface area is 129 Å². The van der Waals surface area contributed by atoms with Gasteiger partial charge in [-0.15, -0.1) is 0 Å². The number of para-hydroxylation sites is 1. The van der Waals surface area contributed by atoms with E-state index in [0.717, 1.165) is 11.1 Å². The van der Waals surface area contributed by atoms with Crippen LogP contribution in [0.5, 0.6) is 0 Å². The molecule has 6 heteroatoms. The molecule has 0 radical (unpaired) electrons. The van der Waals surface area contributed by atoms with Gasteiger partial charge in [0, 0.05) is 29.9 Å². The van der Waals surface area contributed by atoms with Crippen LogP contribution < -0.4 is 0 Å². The Morgan fingerprint density at radius 1 is 1.27 bits per heavy atom. The summed E-state index contributed by atoms with van der Waals surface area (Å²) in [6.45, 7) is 4.07. The first kappa shape index (κ1) is 15.0. The van der Waals surface area contributed by atoms with Crippen molar-refractivity contribution in [1.29, 1.82) is 0 Å². The Morgan fingerprint density at radius 2 is 2.00 bits per heavy atom. The minimum atomic E-state index is -3.07. The molecule has 0 unspecified atom stereocenters. The van der Waals surface area contributed by atoms with Crippen LogP contribution in [0.15, 0.2) is 30.3 Å². The zero-order valence-electron chi connectivity index (χ0n) is 12.6. The number of carbonyl (C=O) groups is 1. The molecule has 1 saturated heterocycles. The zero-order chi connectivity index (χ0) is 15.9. The molecule has 3 rings (SSSR count). The Hall–Kier alpha value is -1.95. The lowest BCUT2D eigenvalue weighted by atomic mass is 10.1. The fraction of sp³-hybridized carbons (Fsp3) is 0.375. The molecule has 0 bridgehead atoms. The normalized spacial score (nSPS) is 15.8. The zero-order valence-corrected chi connectivity index (χ0v) is 13.4. The minimum absolute atomic E-state index is 0.120. The summed E-state index contributed by atoms with van der Waals surface area (Å²) in [6.07, 6.45) is 0. The first-order chi connectivity index (χ1) is 10.4. The molecule has 0 N–H and O–H groups in total. The van der Waals surface area contributed by atoms with E-state index in [4.69, 9.17) is 0 Å². The van der Waals surface area contributed by atoms with Crippen LogP contribution in [0.4, 0.5) is 0 Å². The lowest BCUT2D eigenvalue weighted by molar-refractivity contribution is 0.0661. The van der Waals surface area contributed by atoms with E-state index in [1.807, 2.05) is 31.2 Å². The number of fused-ring (bicyclic) bond motifs is 1. The molecule has 1 fully saturated rings. The maximum Gasteiger partial charge on any atom is 0.256 e. The summed E-state index contributed by atoms with van der Waals surface area (Å²) in [5.74, 6) is -0.0272. The summed E-state index contributed by atoms with van der Waals surface area (Å²) in [5.41, 5.74) is 2.06. The third-order valence-corrected chi connectivity index (χ3v) is 6.25. The molecule has 1 amide bonds. The third kappa shape index (κ3) is 2.47. The average molecular weight is 318 g/mol. The van der Waals surface area contributed by atoms with Crippen molar-refractivity contribution in [3.05, 3.63) is 41.6 Å². The van der Waals surface area contributed by atoms with Crippen LogP contribution >= 0.6 is 0 Å². The number of carbonyl (C=O) groups excluding carboxylic acids is 1. The number of likely N-dealkylation sites (tertiary alicyclic amines) is 1. The highest BCUT2D eigenvalue weighted by atomic mass is 32.2. The minimum Gasteiger partial charge on any atom is -0.336 e. The standard InChI is InChI=1S/C16H18N2O3S/c1-3-22(20,21)13-9-18(10-13)16(19)14-6-4-5-12-8-7-11(2)17-15(12)14/h4-8,13H,3,9-10H2,1-2H3. The SMILES string of the molecule is CCS(=O)(=O)C1CN(C(=O)c2cccc3ccc(C)nc23)C1. The van der Waals surface area contributed by atoms with Crippen molar-refractivity contribution in [2.45, 2.75) is 19.1 Å². The van der Waals surface area contributed by atoms with E-state index >= 15 is 0 Å². The van der Waals surface area contributed by atoms with Crippen LogP contribution in [0.2, 0.25) is 0 Å². The van der Waals surface area contributed by atoms with Gasteiger partial charge in [0.05, 0.1) is 16.3 Å². The molecule has 116 valence electrons. The Morgan fingerprint density at radius 3 is 2.68 bits per heavy atom. The summed E-state index contributed by atoms with van der Waals surface area (Å²) in [6, 6.07) is 9.34. The summed E-state index contributed by atoms with van der Waals surface area (Å²) < 4.78 is 23.6. The maximum absolute atomic E-state index is 12.6. The van der Waals surface area contributed by atoms with Gasteiger partial charge in [0.1, 0.15) is 0 Å². The first-order valence-corrected chi connectivity index (χ1v) is 9.01. The summed E-state index contributed by atoms with van der Waals surface area (Å²) in [4.78, 5) is 18.6. The van der Waals surface area contributed by atoms with Crippen LogP contribution in [0.25, 0.3) is 10.9 Å². The number of aromatic nitrogens is 1. The number of nitrogens with zero attached hydrogens (tertiary/aromatic N) is 2. The van der Waals surface area contributed by atoms with Crippen LogP contribution in [0.3, 0.4) is 0 Å². The van der Waals surface area contributed by atoms with Gasteiger partial charge in [-0.05, 0) is 19.1 Å². The number of benzene rings is 1. The molecule has 2 heterocycles. The fourth-order valence-corrected chi connectivity index (χ4v) is 3.94. The molecule has 0 atom stereocenters. The molecular weight excluding hydrogens is 300 g/mol. The van der Waals surface area contributed by atoms with E-state index in [1.165, 1.54) is 0 Å². The highest BCUT2D eigenvalue weighted by molar-refractivity contribution is 7.92. The summed E-state index contributed by atoms with van der Waals surface area (Å²) in [5, 5.41) is 0.487.